The number of hydrogen-bond donors (Lipinski definition) is 1. The van der Waals surface area contributed by atoms with Crippen LogP contribution in [-0.2, 0) is 13.0 Å². The van der Waals surface area contributed by atoms with Crippen LogP contribution in [0.3, 0.4) is 0 Å². The van der Waals surface area contributed by atoms with Gasteiger partial charge in [0.05, 0.1) is 17.2 Å². The summed E-state index contributed by atoms with van der Waals surface area (Å²) in [5.74, 6) is 0. The summed E-state index contributed by atoms with van der Waals surface area (Å²) in [7, 11) is 4.10. The lowest BCUT2D eigenvalue weighted by Crippen LogP contribution is -2.09. The Hall–Kier alpha value is -1.55. The highest BCUT2D eigenvalue weighted by Crippen LogP contribution is 2.18. The Balaban J connectivity index is 1.99. The van der Waals surface area contributed by atoms with Gasteiger partial charge >= 0.3 is 0 Å². The van der Waals surface area contributed by atoms with Gasteiger partial charge in [-0.05, 0) is 24.6 Å². The first-order chi connectivity index (χ1) is 8.69. The smallest absolute Gasteiger partial charge is 0.0926 e. The van der Waals surface area contributed by atoms with E-state index < -0.39 is 0 Å². The second-order valence-electron chi connectivity index (χ2n) is 4.38. The van der Waals surface area contributed by atoms with Crippen molar-refractivity contribution in [1.82, 2.24) is 4.98 Å². The SMILES string of the molecule is CCc1nc(CNc2cccc(N(C)C)c2)cs1. The van der Waals surface area contributed by atoms with Crippen LogP contribution in [0.5, 0.6) is 0 Å². The molecule has 0 amide bonds. The van der Waals surface area contributed by atoms with Crippen molar-refractivity contribution in [2.24, 2.45) is 0 Å². The Morgan fingerprint density at radius 1 is 1.33 bits per heavy atom. The van der Waals surface area contributed by atoms with Gasteiger partial charge in [-0.3, -0.25) is 0 Å². The molecule has 2 rings (SSSR count). The Labute approximate surface area is 112 Å². The average molecular weight is 261 g/mol. The zero-order chi connectivity index (χ0) is 13.0. The van der Waals surface area contributed by atoms with E-state index in [9.17, 15) is 0 Å². The highest BCUT2D eigenvalue weighted by Gasteiger charge is 2.01. The van der Waals surface area contributed by atoms with Crippen LogP contribution in [0.2, 0.25) is 0 Å². The van der Waals surface area contributed by atoms with E-state index in [2.05, 4.69) is 51.8 Å². The van der Waals surface area contributed by atoms with E-state index in [1.807, 2.05) is 14.1 Å². The number of nitrogens with zero attached hydrogens (tertiary/aromatic N) is 2. The average Bonchev–Trinajstić information content (AvgIpc) is 2.84. The monoisotopic (exact) mass is 261 g/mol. The molecule has 0 spiro atoms. The molecule has 0 aliphatic carbocycles. The first-order valence-electron chi connectivity index (χ1n) is 6.13. The van der Waals surface area contributed by atoms with Gasteiger partial charge in [0.25, 0.3) is 0 Å². The van der Waals surface area contributed by atoms with Gasteiger partial charge in [-0.15, -0.1) is 11.3 Å². The molecular weight excluding hydrogens is 242 g/mol. The van der Waals surface area contributed by atoms with Gasteiger partial charge in [-0.1, -0.05) is 13.0 Å². The molecule has 96 valence electrons. The van der Waals surface area contributed by atoms with Gasteiger partial charge < -0.3 is 10.2 Å². The zero-order valence-electron chi connectivity index (χ0n) is 11.1. The maximum atomic E-state index is 4.55. The summed E-state index contributed by atoms with van der Waals surface area (Å²) < 4.78 is 0. The number of hydrogen-bond acceptors (Lipinski definition) is 4. The first kappa shape index (κ1) is 12.9. The number of aryl methyl sites for hydroxylation is 1. The van der Waals surface area contributed by atoms with Crippen molar-refractivity contribution in [3.63, 3.8) is 0 Å². The summed E-state index contributed by atoms with van der Waals surface area (Å²) in [6.07, 6.45) is 1.01. The largest absolute Gasteiger partial charge is 0.379 e. The van der Waals surface area contributed by atoms with Crippen molar-refractivity contribution >= 4 is 22.7 Å². The molecule has 2 aromatic rings. The summed E-state index contributed by atoms with van der Waals surface area (Å²) in [5, 5.41) is 6.74. The van der Waals surface area contributed by atoms with E-state index in [-0.39, 0.29) is 0 Å². The molecule has 1 heterocycles. The molecule has 0 atom stereocenters. The standard InChI is InChI=1S/C14H19N3S/c1-4-14-16-12(10-18-14)9-15-11-6-5-7-13(8-11)17(2)3/h5-8,10,15H,4,9H2,1-3H3. The van der Waals surface area contributed by atoms with E-state index in [0.29, 0.717) is 0 Å². The summed E-state index contributed by atoms with van der Waals surface area (Å²) in [5.41, 5.74) is 3.45. The molecule has 1 aromatic carbocycles. The number of nitrogens with one attached hydrogen (secondary N) is 1. The number of rotatable bonds is 5. The third-order valence-electron chi connectivity index (χ3n) is 2.74. The van der Waals surface area contributed by atoms with Crippen LogP contribution < -0.4 is 10.2 Å². The van der Waals surface area contributed by atoms with Crippen molar-refractivity contribution in [2.75, 3.05) is 24.3 Å². The van der Waals surface area contributed by atoms with Crippen LogP contribution in [0.1, 0.15) is 17.6 Å². The second-order valence-corrected chi connectivity index (χ2v) is 5.33. The van der Waals surface area contributed by atoms with Crippen molar-refractivity contribution in [2.45, 2.75) is 19.9 Å². The van der Waals surface area contributed by atoms with Crippen molar-refractivity contribution < 1.29 is 0 Å². The highest BCUT2D eigenvalue weighted by atomic mass is 32.1. The molecule has 0 saturated carbocycles. The van der Waals surface area contributed by atoms with Crippen LogP contribution in [0.25, 0.3) is 0 Å². The molecule has 3 nitrogen and oxygen atoms in total. The molecule has 0 unspecified atom stereocenters. The molecule has 0 fully saturated rings. The summed E-state index contributed by atoms with van der Waals surface area (Å²) >= 11 is 1.73. The molecule has 18 heavy (non-hydrogen) atoms. The van der Waals surface area contributed by atoms with E-state index >= 15 is 0 Å². The molecule has 1 N–H and O–H groups in total. The van der Waals surface area contributed by atoms with Gasteiger partial charge in [0, 0.05) is 30.9 Å². The zero-order valence-corrected chi connectivity index (χ0v) is 11.9. The summed E-state index contributed by atoms with van der Waals surface area (Å²) in [6, 6.07) is 8.40. The van der Waals surface area contributed by atoms with Gasteiger partial charge in [0.2, 0.25) is 0 Å². The third kappa shape index (κ3) is 3.23. The maximum Gasteiger partial charge on any atom is 0.0926 e. The Bertz CT molecular complexity index is 505. The van der Waals surface area contributed by atoms with Crippen LogP contribution in [0.15, 0.2) is 29.6 Å². The summed E-state index contributed by atoms with van der Waals surface area (Å²) in [6.45, 7) is 2.92. The minimum Gasteiger partial charge on any atom is -0.379 e. The molecule has 0 aliphatic heterocycles. The predicted molar refractivity (Wildman–Crippen MR) is 79.6 cm³/mol. The van der Waals surface area contributed by atoms with Gasteiger partial charge in [0.1, 0.15) is 0 Å². The van der Waals surface area contributed by atoms with Crippen molar-refractivity contribution in [3.8, 4) is 0 Å². The Morgan fingerprint density at radius 3 is 2.83 bits per heavy atom. The quantitative estimate of drug-likeness (QED) is 0.894. The fourth-order valence-corrected chi connectivity index (χ4v) is 2.42. The molecule has 1 aromatic heterocycles. The lowest BCUT2D eigenvalue weighted by Gasteiger charge is -2.14. The molecule has 0 radical (unpaired) electrons. The van der Waals surface area contributed by atoms with E-state index in [0.717, 1.165) is 24.3 Å². The maximum absolute atomic E-state index is 4.55. The fourth-order valence-electron chi connectivity index (χ4n) is 1.68. The molecule has 0 bridgehead atoms. The molecule has 4 heteroatoms. The molecule has 0 aliphatic rings. The second kappa shape index (κ2) is 5.87. The Kier molecular flexibility index (Phi) is 4.20. The number of thiazole rings is 1. The first-order valence-corrected chi connectivity index (χ1v) is 7.01. The van der Waals surface area contributed by atoms with E-state index in [1.54, 1.807) is 11.3 Å². The lowest BCUT2D eigenvalue weighted by molar-refractivity contribution is 1.01. The number of aromatic nitrogens is 1. The summed E-state index contributed by atoms with van der Waals surface area (Å²) in [4.78, 5) is 6.65. The Morgan fingerprint density at radius 2 is 2.17 bits per heavy atom. The van der Waals surface area contributed by atoms with E-state index in [1.165, 1.54) is 10.7 Å². The van der Waals surface area contributed by atoms with Gasteiger partial charge in [0.15, 0.2) is 0 Å². The predicted octanol–water partition coefficient (Wildman–Crippen LogP) is 3.38. The van der Waals surface area contributed by atoms with Gasteiger partial charge in [-0.2, -0.15) is 0 Å². The molecule has 0 saturated heterocycles. The minimum atomic E-state index is 0.785. The highest BCUT2D eigenvalue weighted by molar-refractivity contribution is 7.09. The molecular formula is C14H19N3S. The van der Waals surface area contributed by atoms with Crippen molar-refractivity contribution in [3.05, 3.63) is 40.3 Å². The van der Waals surface area contributed by atoms with Gasteiger partial charge in [-0.25, -0.2) is 4.98 Å². The minimum absolute atomic E-state index is 0.785. The van der Waals surface area contributed by atoms with Crippen LogP contribution in [0.4, 0.5) is 11.4 Å². The number of anilines is 2. The third-order valence-corrected chi connectivity index (χ3v) is 3.78. The normalized spacial score (nSPS) is 10.4. The van der Waals surface area contributed by atoms with E-state index in [4.69, 9.17) is 0 Å². The number of benzene rings is 1. The van der Waals surface area contributed by atoms with Crippen LogP contribution >= 0.6 is 11.3 Å². The topological polar surface area (TPSA) is 28.2 Å². The van der Waals surface area contributed by atoms with Crippen LogP contribution in [-0.4, -0.2) is 19.1 Å². The van der Waals surface area contributed by atoms with Crippen molar-refractivity contribution in [1.29, 1.82) is 0 Å². The lowest BCUT2D eigenvalue weighted by atomic mass is 10.2. The van der Waals surface area contributed by atoms with Crippen LogP contribution in [0, 0.1) is 0 Å². The fraction of sp³-hybridized carbons (Fsp3) is 0.357.